The third-order valence-electron chi connectivity index (χ3n) is 7.04. The number of benzene rings is 2. The molecule has 2 aromatic carbocycles. The predicted molar refractivity (Wildman–Crippen MR) is 157 cm³/mol. The van der Waals surface area contributed by atoms with E-state index in [9.17, 15) is 18.0 Å². The number of hydrogen-bond acceptors (Lipinski definition) is 8. The summed E-state index contributed by atoms with van der Waals surface area (Å²) < 4.78 is 47.4. The SMILES string of the molecule is CCOC(=O)CS(=O)(=O)CC(C)(C)CCCC(C)(C(=O)OCc1ccccc1)c1cccc(C2=COC(C)(C)O2)c1. The average molecular weight is 587 g/mol. The van der Waals surface area contributed by atoms with Crippen molar-refractivity contribution in [3.05, 3.63) is 77.5 Å². The molecule has 2 aromatic rings. The minimum absolute atomic E-state index is 0.131. The molecule has 1 heterocycles. The fourth-order valence-corrected chi connectivity index (χ4v) is 6.80. The van der Waals surface area contributed by atoms with Crippen molar-refractivity contribution in [3.63, 3.8) is 0 Å². The smallest absolute Gasteiger partial charge is 0.321 e. The van der Waals surface area contributed by atoms with E-state index in [1.807, 2.05) is 89.2 Å². The van der Waals surface area contributed by atoms with Crippen LogP contribution in [0.1, 0.15) is 77.5 Å². The van der Waals surface area contributed by atoms with Gasteiger partial charge in [-0.25, -0.2) is 8.42 Å². The fourth-order valence-electron chi connectivity index (χ4n) is 4.92. The first-order valence-corrected chi connectivity index (χ1v) is 15.7. The predicted octanol–water partition coefficient (Wildman–Crippen LogP) is 5.94. The normalized spacial score (nSPS) is 16.1. The summed E-state index contributed by atoms with van der Waals surface area (Å²) in [5.41, 5.74) is 0.789. The van der Waals surface area contributed by atoms with Crippen LogP contribution in [0.15, 0.2) is 60.9 Å². The second-order valence-electron chi connectivity index (χ2n) is 11.9. The number of sulfone groups is 1. The number of rotatable bonds is 14. The van der Waals surface area contributed by atoms with Crippen LogP contribution in [0.3, 0.4) is 0 Å². The summed E-state index contributed by atoms with van der Waals surface area (Å²) in [6.07, 6.45) is 3.07. The van der Waals surface area contributed by atoms with Gasteiger partial charge < -0.3 is 18.9 Å². The summed E-state index contributed by atoms with van der Waals surface area (Å²) in [7, 11) is -3.66. The number of esters is 2. The molecular formula is C32H42O8S. The minimum atomic E-state index is -3.66. The first-order valence-electron chi connectivity index (χ1n) is 13.9. The molecule has 0 N–H and O–H groups in total. The molecule has 0 aromatic heterocycles. The molecule has 3 rings (SSSR count). The van der Waals surface area contributed by atoms with E-state index in [2.05, 4.69) is 0 Å². The monoisotopic (exact) mass is 586 g/mol. The van der Waals surface area contributed by atoms with E-state index >= 15 is 0 Å². The van der Waals surface area contributed by atoms with Crippen molar-refractivity contribution in [2.24, 2.45) is 5.41 Å². The van der Waals surface area contributed by atoms with Crippen molar-refractivity contribution >= 4 is 27.5 Å². The lowest BCUT2D eigenvalue weighted by atomic mass is 9.76. The molecule has 0 amide bonds. The quantitative estimate of drug-likeness (QED) is 0.250. The topological polar surface area (TPSA) is 105 Å². The number of ether oxygens (including phenoxy) is 4. The first-order chi connectivity index (χ1) is 19.1. The largest absolute Gasteiger partial charge is 0.465 e. The van der Waals surface area contributed by atoms with Gasteiger partial charge in [0.25, 0.3) is 0 Å². The van der Waals surface area contributed by atoms with Gasteiger partial charge >= 0.3 is 11.9 Å². The molecule has 224 valence electrons. The summed E-state index contributed by atoms with van der Waals surface area (Å²) in [5.74, 6) is -2.12. The highest BCUT2D eigenvalue weighted by Crippen LogP contribution is 2.37. The van der Waals surface area contributed by atoms with Crippen molar-refractivity contribution in [1.82, 2.24) is 0 Å². The molecule has 0 bridgehead atoms. The zero-order valence-electron chi connectivity index (χ0n) is 24.9. The minimum Gasteiger partial charge on any atom is -0.465 e. The maximum absolute atomic E-state index is 13.7. The summed E-state index contributed by atoms with van der Waals surface area (Å²) in [6, 6.07) is 17.1. The second kappa shape index (κ2) is 13.1. The molecule has 0 saturated carbocycles. The van der Waals surface area contributed by atoms with Crippen LogP contribution in [0.4, 0.5) is 0 Å². The van der Waals surface area contributed by atoms with Crippen molar-refractivity contribution < 1.29 is 37.0 Å². The van der Waals surface area contributed by atoms with Crippen LogP contribution in [0.25, 0.3) is 5.76 Å². The lowest BCUT2D eigenvalue weighted by molar-refractivity contribution is -0.152. The molecule has 1 aliphatic rings. The molecule has 9 heteroatoms. The molecule has 0 spiro atoms. The van der Waals surface area contributed by atoms with Gasteiger partial charge in [0, 0.05) is 19.4 Å². The lowest BCUT2D eigenvalue weighted by Crippen LogP contribution is -2.35. The van der Waals surface area contributed by atoms with Crippen molar-refractivity contribution in [2.75, 3.05) is 18.1 Å². The molecule has 8 nitrogen and oxygen atoms in total. The van der Waals surface area contributed by atoms with Gasteiger partial charge in [-0.1, -0.05) is 68.8 Å². The molecule has 1 aliphatic heterocycles. The van der Waals surface area contributed by atoms with Crippen LogP contribution in [0.2, 0.25) is 0 Å². The zero-order chi connectivity index (χ0) is 30.3. The van der Waals surface area contributed by atoms with Crippen molar-refractivity contribution in [3.8, 4) is 0 Å². The van der Waals surface area contributed by atoms with Crippen LogP contribution in [-0.2, 0) is 50.4 Å². The standard InChI is InChI=1S/C32H42O8S/c1-7-37-28(33)22-41(35,36)23-30(2,3)17-12-18-32(6,29(34)38-20-24-13-9-8-10-14-24)26-16-11-15-25(19-26)27-21-39-31(4,5)40-27/h8-11,13-16,19,21H,7,12,17-18,20,22-23H2,1-6H3. The number of hydrogen-bond donors (Lipinski definition) is 0. The summed E-state index contributed by atoms with van der Waals surface area (Å²) in [6.45, 7) is 11.1. The van der Waals surface area contributed by atoms with Gasteiger partial charge in [-0.3, -0.25) is 9.59 Å². The van der Waals surface area contributed by atoms with Gasteiger partial charge in [-0.15, -0.1) is 0 Å². The number of carbonyl (C=O) groups is 2. The molecule has 1 unspecified atom stereocenters. The maximum atomic E-state index is 13.7. The van der Waals surface area contributed by atoms with Crippen molar-refractivity contribution in [1.29, 1.82) is 0 Å². The molecule has 0 aliphatic carbocycles. The van der Waals surface area contributed by atoms with Gasteiger partial charge in [0.05, 0.1) is 17.8 Å². The van der Waals surface area contributed by atoms with E-state index in [4.69, 9.17) is 18.9 Å². The van der Waals surface area contributed by atoms with Crippen LogP contribution >= 0.6 is 0 Å². The molecule has 1 atom stereocenters. The van der Waals surface area contributed by atoms with Gasteiger partial charge in [-0.05, 0) is 49.3 Å². The molecule has 0 radical (unpaired) electrons. The van der Waals surface area contributed by atoms with E-state index in [0.717, 1.165) is 16.7 Å². The van der Waals surface area contributed by atoms with Crippen LogP contribution < -0.4 is 0 Å². The van der Waals surface area contributed by atoms with Gasteiger partial charge in [0.2, 0.25) is 5.79 Å². The molecular weight excluding hydrogens is 544 g/mol. The average Bonchev–Trinajstić information content (AvgIpc) is 3.26. The third-order valence-corrected chi connectivity index (χ3v) is 8.93. The Kier molecular flexibility index (Phi) is 10.3. The zero-order valence-corrected chi connectivity index (χ0v) is 25.7. The van der Waals surface area contributed by atoms with Gasteiger partial charge in [0.15, 0.2) is 15.6 Å². The van der Waals surface area contributed by atoms with E-state index < -0.39 is 38.2 Å². The maximum Gasteiger partial charge on any atom is 0.321 e. The van der Waals surface area contributed by atoms with Crippen LogP contribution in [0, 0.1) is 5.41 Å². The Balaban J connectivity index is 1.79. The highest BCUT2D eigenvalue weighted by Gasteiger charge is 2.38. The Morgan fingerprint density at radius 3 is 2.29 bits per heavy atom. The Morgan fingerprint density at radius 2 is 1.66 bits per heavy atom. The van der Waals surface area contributed by atoms with Crippen LogP contribution in [-0.4, -0.2) is 44.3 Å². The Hall–Kier alpha value is -3.33. The summed E-state index contributed by atoms with van der Waals surface area (Å²) in [5, 5.41) is 0. The number of carbonyl (C=O) groups excluding carboxylic acids is 2. The lowest BCUT2D eigenvalue weighted by Gasteiger charge is -2.31. The molecule has 41 heavy (non-hydrogen) atoms. The second-order valence-corrected chi connectivity index (χ2v) is 14.0. The summed E-state index contributed by atoms with van der Waals surface area (Å²) >= 11 is 0. The third kappa shape index (κ3) is 9.35. The van der Waals surface area contributed by atoms with Gasteiger partial charge in [-0.2, -0.15) is 0 Å². The van der Waals surface area contributed by atoms with E-state index in [1.165, 1.54) is 0 Å². The molecule has 0 fully saturated rings. The van der Waals surface area contributed by atoms with Gasteiger partial charge in [0.1, 0.15) is 18.6 Å². The van der Waals surface area contributed by atoms with E-state index in [-0.39, 0.29) is 24.9 Å². The Morgan fingerprint density at radius 1 is 0.951 bits per heavy atom. The summed E-state index contributed by atoms with van der Waals surface area (Å²) in [4.78, 5) is 25.5. The highest BCUT2D eigenvalue weighted by atomic mass is 32.2. The fraction of sp³-hybridized carbons (Fsp3) is 0.500. The molecule has 0 saturated heterocycles. The van der Waals surface area contributed by atoms with Crippen molar-refractivity contribution in [2.45, 2.75) is 78.6 Å². The Bertz CT molecular complexity index is 1340. The van der Waals surface area contributed by atoms with E-state index in [1.54, 1.807) is 13.2 Å². The highest BCUT2D eigenvalue weighted by molar-refractivity contribution is 7.92. The first kappa shape index (κ1) is 32.2. The van der Waals surface area contributed by atoms with E-state index in [0.29, 0.717) is 25.0 Å². The Labute approximate surface area is 243 Å². The van der Waals surface area contributed by atoms with Crippen LogP contribution in [0.5, 0.6) is 0 Å².